The number of aromatic amines is 1. The van der Waals surface area contributed by atoms with Crippen molar-refractivity contribution in [2.75, 3.05) is 17.7 Å². The molecule has 0 spiro atoms. The SMILES string of the molecule is Cc1[nH]nc(-c2ccc3c(c2)N(C)C(=O)C(C)O3)c1N. The molecule has 2 aromatic rings. The van der Waals surface area contributed by atoms with Crippen molar-refractivity contribution in [1.29, 1.82) is 0 Å². The summed E-state index contributed by atoms with van der Waals surface area (Å²) >= 11 is 0. The number of aryl methyl sites for hydroxylation is 1. The van der Waals surface area contributed by atoms with Crippen LogP contribution in [0.4, 0.5) is 11.4 Å². The van der Waals surface area contributed by atoms with Crippen molar-refractivity contribution in [1.82, 2.24) is 10.2 Å². The Morgan fingerprint density at radius 2 is 2.20 bits per heavy atom. The molecule has 1 aromatic carbocycles. The molecule has 3 N–H and O–H groups in total. The van der Waals surface area contributed by atoms with Crippen LogP contribution in [0.5, 0.6) is 5.75 Å². The Morgan fingerprint density at radius 1 is 1.45 bits per heavy atom. The number of ether oxygens (including phenoxy) is 1. The first-order valence-corrected chi connectivity index (χ1v) is 6.38. The Bertz CT molecular complexity index is 692. The molecule has 6 heteroatoms. The van der Waals surface area contributed by atoms with Gasteiger partial charge >= 0.3 is 0 Å². The molecule has 0 aliphatic carbocycles. The van der Waals surface area contributed by atoms with E-state index in [1.807, 2.05) is 25.1 Å². The number of aromatic nitrogens is 2. The maximum absolute atomic E-state index is 12.0. The molecular formula is C14H16N4O2. The van der Waals surface area contributed by atoms with Crippen molar-refractivity contribution in [3.05, 3.63) is 23.9 Å². The predicted molar refractivity (Wildman–Crippen MR) is 76.7 cm³/mol. The van der Waals surface area contributed by atoms with E-state index < -0.39 is 6.10 Å². The summed E-state index contributed by atoms with van der Waals surface area (Å²) in [6.45, 7) is 3.61. The monoisotopic (exact) mass is 272 g/mol. The van der Waals surface area contributed by atoms with E-state index >= 15 is 0 Å². The third-order valence-corrected chi connectivity index (χ3v) is 3.57. The minimum Gasteiger partial charge on any atom is -0.479 e. The molecule has 104 valence electrons. The van der Waals surface area contributed by atoms with Crippen molar-refractivity contribution in [2.24, 2.45) is 0 Å². The van der Waals surface area contributed by atoms with Crippen LogP contribution >= 0.6 is 0 Å². The molecule has 20 heavy (non-hydrogen) atoms. The van der Waals surface area contributed by atoms with Crippen molar-refractivity contribution < 1.29 is 9.53 Å². The summed E-state index contributed by atoms with van der Waals surface area (Å²) in [6.07, 6.45) is -0.462. The molecule has 0 bridgehead atoms. The molecule has 0 saturated carbocycles. The molecular weight excluding hydrogens is 256 g/mol. The number of H-pyrrole nitrogens is 1. The van der Waals surface area contributed by atoms with Crippen molar-refractivity contribution in [2.45, 2.75) is 20.0 Å². The lowest BCUT2D eigenvalue weighted by molar-refractivity contribution is -0.125. The first kappa shape index (κ1) is 12.5. The Kier molecular flexibility index (Phi) is 2.67. The highest BCUT2D eigenvalue weighted by atomic mass is 16.5. The summed E-state index contributed by atoms with van der Waals surface area (Å²) < 4.78 is 5.59. The average molecular weight is 272 g/mol. The van der Waals surface area contributed by atoms with E-state index in [4.69, 9.17) is 10.5 Å². The van der Waals surface area contributed by atoms with Gasteiger partial charge in [0.05, 0.1) is 17.1 Å². The van der Waals surface area contributed by atoms with Gasteiger partial charge in [-0.25, -0.2) is 0 Å². The number of hydrogen-bond donors (Lipinski definition) is 2. The molecule has 1 aliphatic rings. The molecule has 0 saturated heterocycles. The van der Waals surface area contributed by atoms with Gasteiger partial charge in [-0.15, -0.1) is 0 Å². The molecule has 1 aromatic heterocycles. The van der Waals surface area contributed by atoms with Gasteiger partial charge < -0.3 is 15.4 Å². The van der Waals surface area contributed by atoms with Crippen LogP contribution in [0.1, 0.15) is 12.6 Å². The Balaban J connectivity index is 2.10. The van der Waals surface area contributed by atoms with Gasteiger partial charge in [-0.2, -0.15) is 5.10 Å². The van der Waals surface area contributed by atoms with Crippen LogP contribution in [-0.4, -0.2) is 29.3 Å². The van der Waals surface area contributed by atoms with E-state index in [0.717, 1.165) is 16.9 Å². The average Bonchev–Trinajstić information content (AvgIpc) is 2.77. The van der Waals surface area contributed by atoms with Crippen LogP contribution < -0.4 is 15.4 Å². The van der Waals surface area contributed by atoms with Crippen molar-refractivity contribution in [3.63, 3.8) is 0 Å². The number of likely N-dealkylation sites (N-methyl/N-ethyl adjacent to an activating group) is 1. The molecule has 1 unspecified atom stereocenters. The second kappa shape index (κ2) is 4.26. The largest absolute Gasteiger partial charge is 0.479 e. The summed E-state index contributed by atoms with van der Waals surface area (Å²) in [5.41, 5.74) is 9.69. The minimum atomic E-state index is -0.462. The van der Waals surface area contributed by atoms with Gasteiger partial charge in [-0.05, 0) is 32.0 Å². The number of carbonyl (C=O) groups excluding carboxylic acids is 1. The van der Waals surface area contributed by atoms with Crippen LogP contribution in [0, 0.1) is 6.92 Å². The van der Waals surface area contributed by atoms with Crippen molar-refractivity contribution in [3.8, 4) is 17.0 Å². The van der Waals surface area contributed by atoms with Gasteiger partial charge in [-0.1, -0.05) is 0 Å². The number of nitrogens with one attached hydrogen (secondary N) is 1. The minimum absolute atomic E-state index is 0.0687. The fraction of sp³-hybridized carbons (Fsp3) is 0.286. The van der Waals surface area contributed by atoms with E-state index in [1.54, 1.807) is 18.9 Å². The van der Waals surface area contributed by atoms with Crippen LogP contribution in [0.25, 0.3) is 11.3 Å². The molecule has 2 heterocycles. The van der Waals surface area contributed by atoms with Crippen LogP contribution in [0.15, 0.2) is 18.2 Å². The molecule has 1 amide bonds. The number of hydrogen-bond acceptors (Lipinski definition) is 4. The fourth-order valence-electron chi connectivity index (χ4n) is 2.32. The zero-order valence-electron chi connectivity index (χ0n) is 11.6. The smallest absolute Gasteiger partial charge is 0.267 e. The number of amides is 1. The molecule has 0 radical (unpaired) electrons. The van der Waals surface area contributed by atoms with E-state index in [0.29, 0.717) is 17.1 Å². The number of carbonyl (C=O) groups is 1. The second-order valence-electron chi connectivity index (χ2n) is 4.95. The zero-order chi connectivity index (χ0) is 14.4. The normalized spacial score (nSPS) is 17.9. The van der Waals surface area contributed by atoms with Gasteiger partial charge in [0, 0.05) is 12.6 Å². The van der Waals surface area contributed by atoms with Gasteiger partial charge in [-0.3, -0.25) is 9.89 Å². The maximum atomic E-state index is 12.0. The van der Waals surface area contributed by atoms with Gasteiger partial charge in [0.25, 0.3) is 5.91 Å². The quantitative estimate of drug-likeness (QED) is 0.827. The zero-order valence-corrected chi connectivity index (χ0v) is 11.6. The highest BCUT2D eigenvalue weighted by molar-refractivity contribution is 6.00. The highest BCUT2D eigenvalue weighted by Crippen LogP contribution is 2.37. The lowest BCUT2D eigenvalue weighted by atomic mass is 10.1. The first-order valence-electron chi connectivity index (χ1n) is 6.38. The molecule has 3 rings (SSSR count). The fourth-order valence-corrected chi connectivity index (χ4v) is 2.32. The topological polar surface area (TPSA) is 84.2 Å². The standard InChI is InChI=1S/C14H16N4O2/c1-7-12(15)13(17-16-7)9-4-5-11-10(6-9)18(3)14(19)8(2)20-11/h4-6,8H,15H2,1-3H3,(H,16,17). The summed E-state index contributed by atoms with van der Waals surface area (Å²) in [5, 5.41) is 7.05. The number of rotatable bonds is 1. The van der Waals surface area contributed by atoms with Gasteiger partial charge in [0.2, 0.25) is 0 Å². The molecule has 1 aliphatic heterocycles. The Labute approximate surface area is 116 Å². The van der Waals surface area contributed by atoms with Crippen LogP contribution in [-0.2, 0) is 4.79 Å². The van der Waals surface area contributed by atoms with Crippen LogP contribution in [0.2, 0.25) is 0 Å². The number of nitrogen functional groups attached to an aromatic ring is 1. The summed E-state index contributed by atoms with van der Waals surface area (Å²) in [6, 6.07) is 5.60. The summed E-state index contributed by atoms with van der Waals surface area (Å²) in [5.74, 6) is 0.620. The third kappa shape index (κ3) is 1.72. The summed E-state index contributed by atoms with van der Waals surface area (Å²) in [7, 11) is 1.74. The lowest BCUT2D eigenvalue weighted by Crippen LogP contribution is -2.41. The van der Waals surface area contributed by atoms with Crippen molar-refractivity contribution >= 4 is 17.3 Å². The number of fused-ring (bicyclic) bond motifs is 1. The van der Waals surface area contributed by atoms with E-state index in [9.17, 15) is 4.79 Å². The second-order valence-corrected chi connectivity index (χ2v) is 4.95. The molecule has 6 nitrogen and oxygen atoms in total. The number of benzene rings is 1. The van der Waals surface area contributed by atoms with E-state index in [1.165, 1.54) is 0 Å². The lowest BCUT2D eigenvalue weighted by Gasteiger charge is -2.30. The van der Waals surface area contributed by atoms with E-state index in [-0.39, 0.29) is 5.91 Å². The number of anilines is 2. The number of nitrogens with zero attached hydrogens (tertiary/aromatic N) is 2. The predicted octanol–water partition coefficient (Wildman–Crippen LogP) is 1.71. The van der Waals surface area contributed by atoms with Gasteiger partial charge in [0.15, 0.2) is 6.10 Å². The molecule has 0 fully saturated rings. The summed E-state index contributed by atoms with van der Waals surface area (Å²) in [4.78, 5) is 13.6. The van der Waals surface area contributed by atoms with Crippen LogP contribution in [0.3, 0.4) is 0 Å². The highest BCUT2D eigenvalue weighted by Gasteiger charge is 2.29. The Morgan fingerprint density at radius 3 is 2.85 bits per heavy atom. The van der Waals surface area contributed by atoms with E-state index in [2.05, 4.69) is 10.2 Å². The Hall–Kier alpha value is -2.50. The third-order valence-electron chi connectivity index (χ3n) is 3.57. The molecule has 1 atom stereocenters. The first-order chi connectivity index (χ1) is 9.49. The maximum Gasteiger partial charge on any atom is 0.267 e. The number of nitrogens with two attached hydrogens (primary N) is 1. The van der Waals surface area contributed by atoms with Gasteiger partial charge in [0.1, 0.15) is 11.4 Å².